The zero-order chi connectivity index (χ0) is 20.1. The smallest absolute Gasteiger partial charge is 0.387 e. The quantitative estimate of drug-likeness (QED) is 0.580. The average molecular weight is 395 g/mol. The summed E-state index contributed by atoms with van der Waals surface area (Å²) in [6, 6.07) is 7.78. The summed E-state index contributed by atoms with van der Waals surface area (Å²) in [6.07, 6.45) is 0. The molecule has 2 aromatic rings. The highest BCUT2D eigenvalue weighted by Crippen LogP contribution is 2.38. The van der Waals surface area contributed by atoms with Gasteiger partial charge in [-0.05, 0) is 30.2 Å². The Morgan fingerprint density at radius 1 is 1.14 bits per heavy atom. The van der Waals surface area contributed by atoms with Crippen molar-refractivity contribution in [2.75, 3.05) is 13.8 Å². The number of rotatable bonds is 6. The van der Waals surface area contributed by atoms with Crippen LogP contribution in [0.3, 0.4) is 0 Å². The highest BCUT2D eigenvalue weighted by Gasteiger charge is 2.20. The third-order valence-electron chi connectivity index (χ3n) is 4.12. The first-order valence-electron chi connectivity index (χ1n) is 8.53. The van der Waals surface area contributed by atoms with Crippen LogP contribution in [-0.4, -0.2) is 26.4 Å². The number of benzene rings is 2. The Morgan fingerprint density at radius 2 is 1.86 bits per heavy atom. The van der Waals surface area contributed by atoms with Crippen molar-refractivity contribution in [3.8, 4) is 17.2 Å². The molecule has 0 saturated carbocycles. The number of alkyl halides is 2. The summed E-state index contributed by atoms with van der Waals surface area (Å²) in [6.45, 7) is -0.655. The lowest BCUT2D eigenvalue weighted by Gasteiger charge is -2.15. The molecular formula is C19H20F3N3O3. The van der Waals surface area contributed by atoms with Gasteiger partial charge in [-0.15, -0.1) is 0 Å². The Bertz CT molecular complexity index is 875. The van der Waals surface area contributed by atoms with Gasteiger partial charge < -0.3 is 24.8 Å². The normalized spacial score (nSPS) is 13.0. The summed E-state index contributed by atoms with van der Waals surface area (Å²) in [4.78, 5) is 4.10. The molecule has 28 heavy (non-hydrogen) atoms. The molecule has 3 rings (SSSR count). The van der Waals surface area contributed by atoms with Gasteiger partial charge >= 0.3 is 6.61 Å². The number of halogens is 3. The van der Waals surface area contributed by atoms with Crippen LogP contribution in [0.5, 0.6) is 17.2 Å². The van der Waals surface area contributed by atoms with E-state index in [1.54, 1.807) is 32.2 Å². The van der Waals surface area contributed by atoms with Gasteiger partial charge in [-0.25, -0.2) is 4.39 Å². The monoisotopic (exact) mass is 395 g/mol. The molecule has 1 heterocycles. The molecule has 1 aliphatic rings. The van der Waals surface area contributed by atoms with Crippen LogP contribution >= 0.6 is 0 Å². The molecule has 1 aliphatic heterocycles. The van der Waals surface area contributed by atoms with Crippen molar-refractivity contribution in [3.05, 3.63) is 52.8 Å². The molecule has 0 aliphatic carbocycles. The largest absolute Gasteiger partial charge is 0.454 e. The van der Waals surface area contributed by atoms with E-state index in [-0.39, 0.29) is 24.9 Å². The van der Waals surface area contributed by atoms with Crippen LogP contribution in [0.15, 0.2) is 35.3 Å². The fraction of sp³-hybridized carbons (Fsp3) is 0.316. The Kier molecular flexibility index (Phi) is 6.13. The summed E-state index contributed by atoms with van der Waals surface area (Å²) in [5.74, 6) is 0.997. The van der Waals surface area contributed by atoms with Gasteiger partial charge in [-0.1, -0.05) is 12.1 Å². The Morgan fingerprint density at radius 3 is 2.54 bits per heavy atom. The van der Waals surface area contributed by atoms with Crippen LogP contribution in [0.1, 0.15) is 16.7 Å². The Balaban J connectivity index is 1.65. The molecule has 0 radical (unpaired) electrons. The van der Waals surface area contributed by atoms with Crippen molar-refractivity contribution in [2.24, 2.45) is 4.99 Å². The van der Waals surface area contributed by atoms with Gasteiger partial charge in [0.1, 0.15) is 11.6 Å². The minimum atomic E-state index is -2.96. The van der Waals surface area contributed by atoms with Crippen LogP contribution in [0.4, 0.5) is 13.2 Å². The molecule has 2 N–H and O–H groups in total. The number of nitrogens with zero attached hydrogens (tertiary/aromatic N) is 1. The van der Waals surface area contributed by atoms with Crippen LogP contribution in [-0.2, 0) is 13.1 Å². The van der Waals surface area contributed by atoms with Gasteiger partial charge in [0.15, 0.2) is 17.5 Å². The molecule has 9 heteroatoms. The van der Waals surface area contributed by atoms with Crippen LogP contribution in [0.25, 0.3) is 0 Å². The average Bonchev–Trinajstić information content (AvgIpc) is 3.11. The molecule has 0 saturated heterocycles. The first-order valence-corrected chi connectivity index (χ1v) is 8.53. The van der Waals surface area contributed by atoms with Gasteiger partial charge in [0.05, 0.1) is 0 Å². The van der Waals surface area contributed by atoms with E-state index in [2.05, 4.69) is 20.4 Å². The molecule has 0 amide bonds. The third kappa shape index (κ3) is 4.79. The Labute approximate surface area is 160 Å². The van der Waals surface area contributed by atoms with Gasteiger partial charge in [-0.3, -0.25) is 4.99 Å². The number of ether oxygens (including phenoxy) is 3. The van der Waals surface area contributed by atoms with E-state index in [1.165, 1.54) is 12.1 Å². The number of hydrogen-bond donors (Lipinski definition) is 2. The fourth-order valence-corrected chi connectivity index (χ4v) is 2.71. The van der Waals surface area contributed by atoms with Gasteiger partial charge in [0, 0.05) is 31.8 Å². The van der Waals surface area contributed by atoms with E-state index in [4.69, 9.17) is 9.47 Å². The van der Waals surface area contributed by atoms with Crippen molar-refractivity contribution in [1.29, 1.82) is 0 Å². The molecular weight excluding hydrogens is 375 g/mol. The molecule has 6 nitrogen and oxygen atoms in total. The van der Waals surface area contributed by atoms with Crippen LogP contribution < -0.4 is 24.8 Å². The lowest BCUT2D eigenvalue weighted by molar-refractivity contribution is -0.0505. The number of nitrogens with one attached hydrogen (secondary N) is 2. The fourth-order valence-electron chi connectivity index (χ4n) is 2.71. The third-order valence-corrected chi connectivity index (χ3v) is 4.12. The van der Waals surface area contributed by atoms with Gasteiger partial charge in [0.25, 0.3) is 0 Å². The number of aryl methyl sites for hydroxylation is 1. The van der Waals surface area contributed by atoms with Crippen LogP contribution in [0.2, 0.25) is 0 Å². The minimum absolute atomic E-state index is 0.00337. The number of fused-ring (bicyclic) bond motifs is 1. The molecule has 0 spiro atoms. The predicted molar refractivity (Wildman–Crippen MR) is 97.4 cm³/mol. The highest BCUT2D eigenvalue weighted by molar-refractivity contribution is 5.79. The van der Waals surface area contributed by atoms with E-state index in [9.17, 15) is 13.2 Å². The first kappa shape index (κ1) is 19.7. The molecule has 0 atom stereocenters. The zero-order valence-electron chi connectivity index (χ0n) is 15.4. The second kappa shape index (κ2) is 8.73. The molecule has 0 aromatic heterocycles. The Hall–Kier alpha value is -3.10. The van der Waals surface area contributed by atoms with E-state index in [1.807, 2.05) is 0 Å². The van der Waals surface area contributed by atoms with E-state index in [0.29, 0.717) is 35.1 Å². The molecule has 150 valence electrons. The SMILES string of the molecule is CN=C(NCc1ccc(F)c(C)c1)NCc1cc2c(cc1OC(F)F)OCO2. The van der Waals surface area contributed by atoms with Crippen molar-refractivity contribution in [3.63, 3.8) is 0 Å². The number of hydrogen-bond acceptors (Lipinski definition) is 4. The van der Waals surface area contributed by atoms with Crippen molar-refractivity contribution < 1.29 is 27.4 Å². The number of aliphatic imine (C=N–C) groups is 1. The lowest BCUT2D eigenvalue weighted by Crippen LogP contribution is -2.36. The summed E-state index contributed by atoms with van der Waals surface area (Å²) < 4.78 is 53.8. The summed E-state index contributed by atoms with van der Waals surface area (Å²) in [5.41, 5.74) is 1.90. The molecule has 0 bridgehead atoms. The topological polar surface area (TPSA) is 64.1 Å². The predicted octanol–water partition coefficient (Wildman–Crippen LogP) is 3.33. The van der Waals surface area contributed by atoms with Gasteiger partial charge in [-0.2, -0.15) is 8.78 Å². The van der Waals surface area contributed by atoms with E-state index >= 15 is 0 Å². The standard InChI is InChI=1S/C19H20F3N3O3/c1-11-5-12(3-4-14(11)20)8-24-19(23-2)25-9-13-6-16-17(27-10-26-16)7-15(13)28-18(21)22/h3-7,18H,8-10H2,1-2H3,(H2,23,24,25). The minimum Gasteiger partial charge on any atom is -0.454 e. The summed E-state index contributed by atoms with van der Waals surface area (Å²) in [5, 5.41) is 6.12. The van der Waals surface area contributed by atoms with Crippen molar-refractivity contribution in [2.45, 2.75) is 26.6 Å². The van der Waals surface area contributed by atoms with E-state index < -0.39 is 6.61 Å². The summed E-state index contributed by atoms with van der Waals surface area (Å²) in [7, 11) is 1.58. The maximum Gasteiger partial charge on any atom is 0.387 e. The molecule has 2 aromatic carbocycles. The highest BCUT2D eigenvalue weighted by atomic mass is 19.3. The maximum absolute atomic E-state index is 13.4. The second-order valence-corrected chi connectivity index (χ2v) is 6.05. The van der Waals surface area contributed by atoms with Crippen molar-refractivity contribution in [1.82, 2.24) is 10.6 Å². The van der Waals surface area contributed by atoms with Gasteiger partial charge in [0.2, 0.25) is 6.79 Å². The lowest BCUT2D eigenvalue weighted by atomic mass is 10.1. The zero-order valence-corrected chi connectivity index (χ0v) is 15.4. The van der Waals surface area contributed by atoms with E-state index in [0.717, 1.165) is 5.56 Å². The molecule has 0 fully saturated rings. The summed E-state index contributed by atoms with van der Waals surface area (Å²) >= 11 is 0. The number of guanidine groups is 1. The second-order valence-electron chi connectivity index (χ2n) is 6.05. The van der Waals surface area contributed by atoms with Crippen molar-refractivity contribution >= 4 is 5.96 Å². The molecule has 0 unspecified atom stereocenters. The maximum atomic E-state index is 13.4. The first-order chi connectivity index (χ1) is 13.5. The van der Waals surface area contributed by atoms with Crippen LogP contribution in [0, 0.1) is 12.7 Å².